The Bertz CT molecular complexity index is 13.5. The Labute approximate surface area is 109 Å². The van der Waals surface area contributed by atoms with Crippen LogP contribution in [0.15, 0.2) is 0 Å². The van der Waals surface area contributed by atoms with E-state index in [1.165, 1.54) is 0 Å². The standard InChI is InChI=1S/Ba.Cu.Er.H2O.2H/h;;;1H2;;/q+2;;;;2*-1. The molecule has 0 saturated carbocycles. The summed E-state index contributed by atoms with van der Waals surface area (Å²) in [5.41, 5.74) is 0. The molecule has 0 aromatic carbocycles. The summed E-state index contributed by atoms with van der Waals surface area (Å²) in [6, 6.07) is 0. The summed E-state index contributed by atoms with van der Waals surface area (Å²) >= 11 is 0. The topological polar surface area (TPSA) is 31.5 Å². The summed E-state index contributed by atoms with van der Waals surface area (Å²) < 4.78 is 0. The minimum Gasteiger partial charge on any atom is -1.00 e. The van der Waals surface area contributed by atoms with E-state index in [9.17, 15) is 0 Å². The molecule has 0 heterocycles. The zero-order valence-electron chi connectivity index (χ0n) is 3.80. The number of hydrogen-bond donors (Lipinski definition) is 0. The normalized spacial score (nSPS) is 0. The summed E-state index contributed by atoms with van der Waals surface area (Å²) in [5.74, 6) is 0. The van der Waals surface area contributed by atoms with Crippen LogP contribution in [0, 0.1) is 37.3 Å². The number of rotatable bonds is 0. The molecule has 0 aliphatic rings. The van der Waals surface area contributed by atoms with Gasteiger partial charge in [-0.2, -0.15) is 0 Å². The molecule has 0 saturated heterocycles. The fraction of sp³-hybridized carbons (Fsp3) is 0. The van der Waals surface area contributed by atoms with Crippen LogP contribution in [0.3, 0.4) is 0 Å². The van der Waals surface area contributed by atoms with Crippen molar-refractivity contribution in [3.05, 3.63) is 0 Å². The molecule has 1 radical (unpaired) electrons. The zero-order chi connectivity index (χ0) is 0. The number of hydrogen-bond acceptors (Lipinski definition) is 0. The molecule has 0 spiro atoms. The summed E-state index contributed by atoms with van der Waals surface area (Å²) in [6.45, 7) is 0. The molecule has 1 nitrogen and oxygen atoms in total. The summed E-state index contributed by atoms with van der Waals surface area (Å²) in [4.78, 5) is 0. The molecule has 4 heteroatoms. The second-order valence-corrected chi connectivity index (χ2v) is 0. The van der Waals surface area contributed by atoms with E-state index >= 15 is 0 Å². The van der Waals surface area contributed by atoms with Crippen molar-refractivity contribution in [3.8, 4) is 0 Å². The van der Waals surface area contributed by atoms with Crippen molar-refractivity contribution in [3.63, 3.8) is 0 Å². The third kappa shape index (κ3) is 9.00. The SMILES string of the molecule is O.[Ba+2].[Cu].[Er].[H-].[H-]. The van der Waals surface area contributed by atoms with Gasteiger partial charge in [-0.3, -0.25) is 0 Å². The quantitative estimate of drug-likeness (QED) is 0.478. The second kappa shape index (κ2) is 16.3. The maximum atomic E-state index is 0. The van der Waals surface area contributed by atoms with Crippen LogP contribution in [0.5, 0.6) is 0 Å². The molecule has 0 amide bonds. The van der Waals surface area contributed by atoms with E-state index in [0.717, 1.165) is 0 Å². The monoisotopic (exact) mass is 387 g/mol. The molecular weight excluding hydrogens is 384 g/mol. The summed E-state index contributed by atoms with van der Waals surface area (Å²) in [7, 11) is 0. The van der Waals surface area contributed by atoms with Crippen molar-refractivity contribution < 1.29 is 62.7 Å². The van der Waals surface area contributed by atoms with E-state index in [-0.39, 0.29) is 112 Å². The zero-order valence-corrected chi connectivity index (χ0v) is 9.03. The van der Waals surface area contributed by atoms with Gasteiger partial charge < -0.3 is 8.33 Å². The first kappa shape index (κ1) is 26.6. The largest absolute Gasteiger partial charge is 2.00 e. The van der Waals surface area contributed by atoms with Crippen molar-refractivity contribution >= 4 is 48.9 Å². The van der Waals surface area contributed by atoms with Crippen LogP contribution in [0.25, 0.3) is 0 Å². The van der Waals surface area contributed by atoms with Crippen molar-refractivity contribution in [2.45, 2.75) is 0 Å². The third-order valence-corrected chi connectivity index (χ3v) is 0. The van der Waals surface area contributed by atoms with Crippen LogP contribution >= 0.6 is 0 Å². The van der Waals surface area contributed by atoms with Gasteiger partial charge in [0, 0.05) is 54.4 Å². The molecule has 0 bridgehead atoms. The maximum Gasteiger partial charge on any atom is 2.00 e. The minimum atomic E-state index is 0. The molecule has 35 valence electrons. The van der Waals surface area contributed by atoms with E-state index in [1.54, 1.807) is 0 Å². The fourth-order valence-electron chi connectivity index (χ4n) is 0. The first-order valence-corrected chi connectivity index (χ1v) is 0. The molecule has 0 unspecified atom stereocenters. The van der Waals surface area contributed by atoms with Gasteiger partial charge in [0.25, 0.3) is 0 Å². The molecule has 0 aliphatic heterocycles. The molecule has 0 aromatic rings. The first-order chi connectivity index (χ1) is 0. The maximum absolute atomic E-state index is 0. The van der Waals surface area contributed by atoms with Crippen molar-refractivity contribution in [1.29, 1.82) is 0 Å². The van der Waals surface area contributed by atoms with Gasteiger partial charge in [-0.15, -0.1) is 0 Å². The molecular formula is H4BaCuErO. The van der Waals surface area contributed by atoms with E-state index in [1.807, 2.05) is 0 Å². The molecule has 2 N–H and O–H groups in total. The van der Waals surface area contributed by atoms with Gasteiger partial charge in [0.15, 0.2) is 0 Å². The Morgan fingerprint density at radius 3 is 1.25 bits per heavy atom. The van der Waals surface area contributed by atoms with Gasteiger partial charge in [-0.05, 0) is 0 Å². The van der Waals surface area contributed by atoms with Crippen LogP contribution in [0.1, 0.15) is 2.85 Å². The van der Waals surface area contributed by atoms with Crippen LogP contribution in [0.2, 0.25) is 0 Å². The van der Waals surface area contributed by atoms with Gasteiger partial charge in [0.05, 0.1) is 0 Å². The molecule has 0 aliphatic carbocycles. The van der Waals surface area contributed by atoms with Gasteiger partial charge >= 0.3 is 48.9 Å². The third-order valence-electron chi connectivity index (χ3n) is 0. The van der Waals surface area contributed by atoms with E-state index < -0.39 is 0 Å². The predicted octanol–water partition coefficient (Wildman–Crippen LogP) is -0.983. The second-order valence-electron chi connectivity index (χ2n) is 0. The van der Waals surface area contributed by atoms with Gasteiger partial charge in [-0.25, -0.2) is 0 Å². The van der Waals surface area contributed by atoms with Crippen LogP contribution in [0.4, 0.5) is 0 Å². The Kier molecular flexibility index (Phi) is 108. The van der Waals surface area contributed by atoms with Gasteiger partial charge in [-0.1, -0.05) is 0 Å². The minimum absolute atomic E-state index is 0. The van der Waals surface area contributed by atoms with Crippen molar-refractivity contribution in [2.75, 3.05) is 0 Å². The van der Waals surface area contributed by atoms with Gasteiger partial charge in [0.1, 0.15) is 0 Å². The summed E-state index contributed by atoms with van der Waals surface area (Å²) in [6.07, 6.45) is 0. The molecule has 0 atom stereocenters. The van der Waals surface area contributed by atoms with E-state index in [0.29, 0.717) is 0 Å². The molecule has 0 rings (SSSR count). The fourth-order valence-corrected chi connectivity index (χ4v) is 0. The van der Waals surface area contributed by atoms with Crippen LogP contribution in [-0.2, 0) is 17.1 Å². The van der Waals surface area contributed by atoms with E-state index in [4.69, 9.17) is 0 Å². The van der Waals surface area contributed by atoms with Crippen molar-refractivity contribution in [2.24, 2.45) is 0 Å². The first-order valence-electron chi connectivity index (χ1n) is 0. The Morgan fingerprint density at radius 1 is 1.25 bits per heavy atom. The molecule has 4 heavy (non-hydrogen) atoms. The van der Waals surface area contributed by atoms with Crippen molar-refractivity contribution in [1.82, 2.24) is 0 Å². The Hall–Kier alpha value is 3.30. The van der Waals surface area contributed by atoms with Gasteiger partial charge in [0.2, 0.25) is 0 Å². The van der Waals surface area contributed by atoms with Crippen LogP contribution in [-0.4, -0.2) is 54.4 Å². The average molecular weight is 388 g/mol. The van der Waals surface area contributed by atoms with Crippen LogP contribution < -0.4 is 0 Å². The Morgan fingerprint density at radius 2 is 1.25 bits per heavy atom. The Balaban J connectivity index is 0. The molecule has 0 fully saturated rings. The smallest absolute Gasteiger partial charge is 1.00 e. The summed E-state index contributed by atoms with van der Waals surface area (Å²) in [5, 5.41) is 0. The predicted molar refractivity (Wildman–Crippen MR) is 11.6 cm³/mol. The van der Waals surface area contributed by atoms with E-state index in [2.05, 4.69) is 0 Å². The average Bonchev–Trinajstić information content (AvgIpc) is 0. The molecule has 0 aromatic heterocycles.